The highest BCUT2D eigenvalue weighted by molar-refractivity contribution is 6.06. The Labute approximate surface area is 299 Å². The largest absolute Gasteiger partial charge is 0.450 e. The number of piperazine rings is 2. The molecule has 4 aromatic rings. The maximum Gasteiger partial charge on any atom is 0.417 e. The number of hydrogen-bond acceptors (Lipinski definition) is 12. The number of nitrogens with zero attached hydrogens (tertiary/aromatic N) is 9. The molecule has 3 aliphatic rings. The van der Waals surface area contributed by atoms with Gasteiger partial charge in [-0.05, 0) is 31.3 Å². The number of halogens is 4. The number of alkyl halides is 3. The molecule has 7 rings (SSSR count). The van der Waals surface area contributed by atoms with Crippen LogP contribution in [0.15, 0.2) is 34.9 Å². The highest BCUT2D eigenvalue weighted by Gasteiger charge is 2.37. The zero-order valence-corrected chi connectivity index (χ0v) is 28.5. The molecule has 3 saturated heterocycles. The third-order valence-corrected chi connectivity index (χ3v) is 9.29. The van der Waals surface area contributed by atoms with Crippen LogP contribution in [0.5, 0.6) is 0 Å². The van der Waals surface area contributed by atoms with Gasteiger partial charge in [-0.3, -0.25) is 14.9 Å². The van der Waals surface area contributed by atoms with E-state index in [9.17, 15) is 31.9 Å². The molecule has 0 bridgehead atoms. The number of primary amides is 1. The molecule has 280 valence electrons. The lowest BCUT2D eigenvalue weighted by atomic mass is 10.1. The molecule has 0 aliphatic carbocycles. The number of hydrogen-bond donors (Lipinski definition) is 2. The Balaban J connectivity index is 1.14. The maximum atomic E-state index is 14.6. The van der Waals surface area contributed by atoms with Crippen molar-refractivity contribution in [1.82, 2.24) is 34.6 Å². The summed E-state index contributed by atoms with van der Waals surface area (Å²) in [6.07, 6.45) is -3.87. The van der Waals surface area contributed by atoms with E-state index in [0.717, 1.165) is 24.4 Å². The van der Waals surface area contributed by atoms with Crippen LogP contribution in [0.4, 0.5) is 40.1 Å². The van der Waals surface area contributed by atoms with Gasteiger partial charge in [0, 0.05) is 77.0 Å². The second-order valence-electron chi connectivity index (χ2n) is 12.8. The minimum Gasteiger partial charge on any atom is -0.450 e. The van der Waals surface area contributed by atoms with Crippen molar-refractivity contribution in [2.45, 2.75) is 6.18 Å². The van der Waals surface area contributed by atoms with E-state index >= 15 is 0 Å². The van der Waals surface area contributed by atoms with Crippen LogP contribution in [0, 0.1) is 5.82 Å². The summed E-state index contributed by atoms with van der Waals surface area (Å²) < 4.78 is 69.0. The van der Waals surface area contributed by atoms with Crippen LogP contribution >= 0.6 is 0 Å². The standard InChI is InChI=1S/C33H35F4N11O5/c1-44-2-4-48(5-3-44)32(51)40-25-17-23(33(35,36)37)22(18-39-25)28-41-30(43-31(42-28)47-10-12-52-13-11-47)46-8-6-45(7-9-46)29(50)24-15-19-14-20(34)16-21(27(38)49)26(19)53-24/h14-18H,2-13H2,1H3,(H2,38,49)(H,39,40,51). The summed E-state index contributed by atoms with van der Waals surface area (Å²) in [5.74, 6) is -2.56. The number of amides is 4. The number of carbonyl (C=O) groups excluding carboxylic acids is 3. The molecule has 0 radical (unpaired) electrons. The van der Waals surface area contributed by atoms with Crippen molar-refractivity contribution in [2.75, 3.05) is 101 Å². The van der Waals surface area contributed by atoms with E-state index in [1.165, 1.54) is 15.9 Å². The number of pyridine rings is 1. The number of fused-ring (bicyclic) bond motifs is 1. The molecule has 3 aromatic heterocycles. The normalized spacial score (nSPS) is 17.4. The van der Waals surface area contributed by atoms with E-state index in [1.54, 1.807) is 9.80 Å². The summed E-state index contributed by atoms with van der Waals surface area (Å²) >= 11 is 0. The average molecular weight is 742 g/mol. The van der Waals surface area contributed by atoms with Crippen molar-refractivity contribution in [3.63, 3.8) is 0 Å². The molecule has 53 heavy (non-hydrogen) atoms. The van der Waals surface area contributed by atoms with Gasteiger partial charge in [0.2, 0.25) is 11.9 Å². The summed E-state index contributed by atoms with van der Waals surface area (Å²) in [6.45, 7) is 4.32. The molecule has 0 saturated carbocycles. The SMILES string of the molecule is CN1CCN(C(=O)Nc2cc(C(F)(F)F)c(-c3nc(N4CCOCC4)nc(N4CCN(C(=O)c5cc6cc(F)cc(C(N)=O)c6o5)CC4)n3)cn2)CC1. The number of urea groups is 1. The van der Waals surface area contributed by atoms with Gasteiger partial charge in [0.05, 0.1) is 29.9 Å². The Morgan fingerprint density at radius 2 is 1.47 bits per heavy atom. The molecule has 3 N–H and O–H groups in total. The highest BCUT2D eigenvalue weighted by Crippen LogP contribution is 2.38. The fourth-order valence-electron chi connectivity index (χ4n) is 6.33. The first kappa shape index (κ1) is 35.8. The summed E-state index contributed by atoms with van der Waals surface area (Å²) in [6, 6.07) is 3.62. The van der Waals surface area contributed by atoms with Crippen molar-refractivity contribution in [3.05, 3.63) is 53.2 Å². The predicted molar refractivity (Wildman–Crippen MR) is 182 cm³/mol. The zero-order chi connectivity index (χ0) is 37.4. The topological polar surface area (TPSA) is 179 Å². The molecule has 0 spiro atoms. The van der Waals surface area contributed by atoms with Crippen LogP contribution in [0.2, 0.25) is 0 Å². The van der Waals surface area contributed by atoms with Gasteiger partial charge in [-0.25, -0.2) is 14.2 Å². The van der Waals surface area contributed by atoms with Gasteiger partial charge in [-0.15, -0.1) is 0 Å². The third-order valence-electron chi connectivity index (χ3n) is 9.29. The Bertz CT molecular complexity index is 2040. The van der Waals surface area contributed by atoms with Crippen LogP contribution in [0.1, 0.15) is 26.5 Å². The Morgan fingerprint density at radius 1 is 0.830 bits per heavy atom. The molecule has 0 unspecified atom stereocenters. The summed E-state index contributed by atoms with van der Waals surface area (Å²) in [4.78, 5) is 64.3. The fraction of sp³-hybridized carbons (Fsp3) is 0.424. The van der Waals surface area contributed by atoms with Crippen molar-refractivity contribution < 1.29 is 41.1 Å². The number of aromatic nitrogens is 4. The van der Waals surface area contributed by atoms with E-state index in [1.807, 2.05) is 11.9 Å². The first-order chi connectivity index (χ1) is 25.3. The molecule has 20 heteroatoms. The molecular formula is C33H35F4N11O5. The van der Waals surface area contributed by atoms with Gasteiger partial charge in [-0.1, -0.05) is 0 Å². The van der Waals surface area contributed by atoms with Crippen molar-refractivity contribution >= 4 is 46.5 Å². The number of ether oxygens (including phenoxy) is 1. The van der Waals surface area contributed by atoms with E-state index in [0.29, 0.717) is 52.5 Å². The van der Waals surface area contributed by atoms with Gasteiger partial charge < -0.3 is 39.4 Å². The molecule has 3 fully saturated rings. The Morgan fingerprint density at radius 3 is 2.11 bits per heavy atom. The minimum atomic E-state index is -4.86. The lowest BCUT2D eigenvalue weighted by Crippen LogP contribution is -2.49. The molecule has 16 nitrogen and oxygen atoms in total. The second kappa shape index (κ2) is 14.4. The van der Waals surface area contributed by atoms with Gasteiger partial charge >= 0.3 is 12.2 Å². The van der Waals surface area contributed by atoms with Crippen molar-refractivity contribution in [1.29, 1.82) is 0 Å². The highest BCUT2D eigenvalue weighted by atomic mass is 19.4. The number of carbonyl (C=O) groups is 3. The van der Waals surface area contributed by atoms with E-state index in [4.69, 9.17) is 14.9 Å². The van der Waals surface area contributed by atoms with Gasteiger partial charge in [-0.2, -0.15) is 28.1 Å². The van der Waals surface area contributed by atoms with Crippen LogP contribution in [0.25, 0.3) is 22.4 Å². The maximum absolute atomic E-state index is 14.6. The fourth-order valence-corrected chi connectivity index (χ4v) is 6.33. The van der Waals surface area contributed by atoms with Crippen molar-refractivity contribution in [3.8, 4) is 11.4 Å². The van der Waals surface area contributed by atoms with Gasteiger partial charge in [0.25, 0.3) is 11.8 Å². The monoisotopic (exact) mass is 741 g/mol. The number of likely N-dealkylation sites (N-methyl/N-ethyl adjacent to an activating group) is 1. The first-order valence-electron chi connectivity index (χ1n) is 16.8. The molecule has 6 heterocycles. The molecule has 3 aliphatic heterocycles. The molecule has 1 aromatic carbocycles. The smallest absolute Gasteiger partial charge is 0.417 e. The minimum absolute atomic E-state index is 0.00703. The van der Waals surface area contributed by atoms with E-state index in [-0.39, 0.29) is 72.0 Å². The number of morpholine rings is 1. The molecule has 4 amide bonds. The van der Waals surface area contributed by atoms with Gasteiger partial charge in [0.1, 0.15) is 17.2 Å². The number of nitrogens with one attached hydrogen (secondary N) is 1. The quantitative estimate of drug-likeness (QED) is 0.277. The van der Waals surface area contributed by atoms with Crippen LogP contribution in [0.3, 0.4) is 0 Å². The average Bonchev–Trinajstić information content (AvgIpc) is 3.58. The zero-order valence-electron chi connectivity index (χ0n) is 28.5. The van der Waals surface area contributed by atoms with E-state index < -0.39 is 41.0 Å². The summed E-state index contributed by atoms with van der Waals surface area (Å²) in [5, 5.41) is 2.69. The second-order valence-corrected chi connectivity index (χ2v) is 12.8. The van der Waals surface area contributed by atoms with E-state index in [2.05, 4.69) is 25.3 Å². The number of nitrogens with two attached hydrogens (primary N) is 1. The summed E-state index contributed by atoms with van der Waals surface area (Å²) in [5.41, 5.74) is 3.67. The lowest BCUT2D eigenvalue weighted by molar-refractivity contribution is -0.137. The van der Waals surface area contributed by atoms with Gasteiger partial charge in [0.15, 0.2) is 11.6 Å². The Kier molecular flexibility index (Phi) is 9.73. The van der Waals surface area contributed by atoms with Crippen LogP contribution < -0.4 is 20.9 Å². The lowest BCUT2D eigenvalue weighted by Gasteiger charge is -2.35. The Hall–Kier alpha value is -5.63. The van der Waals surface area contributed by atoms with Crippen LogP contribution in [-0.2, 0) is 10.9 Å². The van der Waals surface area contributed by atoms with Crippen LogP contribution in [-0.4, -0.2) is 138 Å². The molecule has 0 atom stereocenters. The number of furan rings is 1. The number of anilines is 3. The summed E-state index contributed by atoms with van der Waals surface area (Å²) in [7, 11) is 1.92. The predicted octanol–water partition coefficient (Wildman–Crippen LogP) is 2.51. The number of benzene rings is 1. The molecular weight excluding hydrogens is 706 g/mol. The van der Waals surface area contributed by atoms with Crippen molar-refractivity contribution in [2.24, 2.45) is 5.73 Å². The third kappa shape index (κ3) is 7.63. The number of rotatable bonds is 6. The first-order valence-corrected chi connectivity index (χ1v) is 16.8.